The van der Waals surface area contributed by atoms with E-state index in [-0.39, 0.29) is 11.7 Å². The van der Waals surface area contributed by atoms with Crippen molar-refractivity contribution in [2.75, 3.05) is 29.2 Å². The first-order valence-corrected chi connectivity index (χ1v) is 7.62. The highest BCUT2D eigenvalue weighted by Gasteiger charge is 2.12. The minimum absolute atomic E-state index is 0.0468. The van der Waals surface area contributed by atoms with Gasteiger partial charge in [0.1, 0.15) is 11.6 Å². The highest BCUT2D eigenvalue weighted by atomic mass is 32.2. The number of hydrogen-bond acceptors (Lipinski definition) is 6. The number of pyridine rings is 1. The Kier molecular flexibility index (Phi) is 6.41. The van der Waals surface area contributed by atoms with Gasteiger partial charge in [0, 0.05) is 12.6 Å². The molecule has 0 aliphatic rings. The van der Waals surface area contributed by atoms with Gasteiger partial charge in [0.2, 0.25) is 0 Å². The summed E-state index contributed by atoms with van der Waals surface area (Å²) in [5, 5.41) is 17.1. The van der Waals surface area contributed by atoms with Gasteiger partial charge in [-0.15, -0.1) is 0 Å². The number of rotatable bonds is 8. The van der Waals surface area contributed by atoms with Gasteiger partial charge < -0.3 is 10.6 Å². The van der Waals surface area contributed by atoms with E-state index >= 15 is 0 Å². The summed E-state index contributed by atoms with van der Waals surface area (Å²) in [4.78, 5) is 14.8. The molecule has 0 bridgehead atoms. The number of nitrogens with one attached hydrogen (secondary N) is 2. The van der Waals surface area contributed by atoms with Crippen LogP contribution in [0.5, 0.6) is 0 Å². The lowest BCUT2D eigenvalue weighted by Gasteiger charge is -2.14. The van der Waals surface area contributed by atoms with Crippen LogP contribution in [0.15, 0.2) is 12.1 Å². The Balaban J connectivity index is 2.83. The lowest BCUT2D eigenvalue weighted by atomic mass is 10.2. The number of thioether (sulfide) groups is 1. The standard InChI is InChI=1S/C12H20N4O2S/c1-4-13-11-7-10(16(17)18)8-12(15-11)14-9(2)5-6-19-3/h7-9H,4-6H2,1-3H3,(H2,13,14,15). The van der Waals surface area contributed by atoms with Crippen LogP contribution in [0.4, 0.5) is 17.3 Å². The molecule has 0 saturated heterocycles. The predicted molar refractivity (Wildman–Crippen MR) is 81.1 cm³/mol. The Morgan fingerprint density at radius 3 is 2.74 bits per heavy atom. The number of hydrogen-bond donors (Lipinski definition) is 2. The molecular weight excluding hydrogens is 264 g/mol. The summed E-state index contributed by atoms with van der Waals surface area (Å²) in [6, 6.07) is 3.15. The topological polar surface area (TPSA) is 80.1 Å². The average molecular weight is 284 g/mol. The van der Waals surface area contributed by atoms with Gasteiger partial charge in [-0.25, -0.2) is 4.98 Å². The summed E-state index contributed by atoms with van der Waals surface area (Å²) < 4.78 is 0. The minimum Gasteiger partial charge on any atom is -0.370 e. The minimum atomic E-state index is -0.403. The number of aromatic nitrogens is 1. The van der Waals surface area contributed by atoms with Crippen molar-refractivity contribution < 1.29 is 4.92 Å². The van der Waals surface area contributed by atoms with Crippen molar-refractivity contribution in [3.63, 3.8) is 0 Å². The van der Waals surface area contributed by atoms with E-state index in [4.69, 9.17) is 0 Å². The SMILES string of the molecule is CCNc1cc([N+](=O)[O-])cc(NC(C)CCSC)n1. The van der Waals surface area contributed by atoms with E-state index in [9.17, 15) is 10.1 Å². The van der Waals surface area contributed by atoms with Gasteiger partial charge in [0.05, 0.1) is 17.1 Å². The van der Waals surface area contributed by atoms with Crippen LogP contribution >= 0.6 is 11.8 Å². The summed E-state index contributed by atoms with van der Waals surface area (Å²) in [6.45, 7) is 4.65. The van der Waals surface area contributed by atoms with Crippen LogP contribution in [0.1, 0.15) is 20.3 Å². The molecule has 2 N–H and O–H groups in total. The van der Waals surface area contributed by atoms with Crippen LogP contribution in [0.3, 0.4) is 0 Å². The highest BCUT2D eigenvalue weighted by molar-refractivity contribution is 7.98. The summed E-state index contributed by atoms with van der Waals surface area (Å²) >= 11 is 1.78. The molecule has 19 heavy (non-hydrogen) atoms. The molecule has 0 aliphatic heterocycles. The molecule has 0 aromatic carbocycles. The summed E-state index contributed by atoms with van der Waals surface area (Å²) in [6.07, 6.45) is 3.05. The monoisotopic (exact) mass is 284 g/mol. The molecule has 7 heteroatoms. The summed E-state index contributed by atoms with van der Waals surface area (Å²) in [7, 11) is 0. The zero-order valence-corrected chi connectivity index (χ0v) is 12.3. The van der Waals surface area contributed by atoms with Crippen LogP contribution in [-0.2, 0) is 0 Å². The van der Waals surface area contributed by atoms with Gasteiger partial charge in [-0.05, 0) is 32.3 Å². The normalized spacial score (nSPS) is 11.9. The Labute approximate surface area is 117 Å². The first-order valence-electron chi connectivity index (χ1n) is 6.22. The van der Waals surface area contributed by atoms with Crippen molar-refractivity contribution in [3.8, 4) is 0 Å². The van der Waals surface area contributed by atoms with Crippen LogP contribution < -0.4 is 10.6 Å². The molecule has 0 aliphatic carbocycles. The smallest absolute Gasteiger partial charge is 0.276 e. The predicted octanol–water partition coefficient (Wildman–Crippen LogP) is 2.98. The maximum atomic E-state index is 10.9. The Morgan fingerprint density at radius 2 is 2.16 bits per heavy atom. The van der Waals surface area contributed by atoms with Crippen molar-refractivity contribution in [2.45, 2.75) is 26.3 Å². The molecule has 106 valence electrons. The molecule has 0 amide bonds. The molecule has 1 aromatic heterocycles. The van der Waals surface area contributed by atoms with E-state index in [1.165, 1.54) is 12.1 Å². The third kappa shape index (κ3) is 5.34. The maximum Gasteiger partial charge on any atom is 0.276 e. The summed E-state index contributed by atoms with van der Waals surface area (Å²) in [5.41, 5.74) is 0.0468. The summed E-state index contributed by atoms with van der Waals surface area (Å²) in [5.74, 6) is 2.11. The zero-order chi connectivity index (χ0) is 14.3. The van der Waals surface area contributed by atoms with Gasteiger partial charge in [0.15, 0.2) is 0 Å². The third-order valence-electron chi connectivity index (χ3n) is 2.53. The molecule has 1 rings (SSSR count). The molecule has 0 saturated carbocycles. The molecule has 0 fully saturated rings. The molecule has 0 spiro atoms. The fourth-order valence-electron chi connectivity index (χ4n) is 1.59. The van der Waals surface area contributed by atoms with Gasteiger partial charge in [0.25, 0.3) is 5.69 Å². The average Bonchev–Trinajstić information content (AvgIpc) is 2.36. The second-order valence-electron chi connectivity index (χ2n) is 4.21. The molecule has 1 unspecified atom stereocenters. The number of anilines is 2. The van der Waals surface area contributed by atoms with Crippen LogP contribution in [0.2, 0.25) is 0 Å². The molecule has 1 aromatic rings. The lowest BCUT2D eigenvalue weighted by Crippen LogP contribution is -2.17. The van der Waals surface area contributed by atoms with Crippen molar-refractivity contribution in [2.24, 2.45) is 0 Å². The van der Waals surface area contributed by atoms with Crippen LogP contribution in [0.25, 0.3) is 0 Å². The van der Waals surface area contributed by atoms with E-state index in [0.717, 1.165) is 12.2 Å². The first-order chi connectivity index (χ1) is 9.06. The van der Waals surface area contributed by atoms with E-state index in [1.807, 2.05) is 13.8 Å². The van der Waals surface area contributed by atoms with Crippen molar-refractivity contribution >= 4 is 29.1 Å². The first kappa shape index (κ1) is 15.6. The zero-order valence-electron chi connectivity index (χ0n) is 11.5. The highest BCUT2D eigenvalue weighted by Crippen LogP contribution is 2.21. The molecule has 6 nitrogen and oxygen atoms in total. The number of nitrogens with zero attached hydrogens (tertiary/aromatic N) is 2. The van der Waals surface area contributed by atoms with Crippen LogP contribution in [0, 0.1) is 10.1 Å². The van der Waals surface area contributed by atoms with Gasteiger partial charge in [-0.3, -0.25) is 10.1 Å². The second kappa shape index (κ2) is 7.83. The lowest BCUT2D eigenvalue weighted by molar-refractivity contribution is -0.384. The van der Waals surface area contributed by atoms with E-state index in [2.05, 4.69) is 21.9 Å². The Morgan fingerprint density at radius 1 is 1.47 bits per heavy atom. The Hall–Kier alpha value is -1.50. The number of nitro groups is 1. The van der Waals surface area contributed by atoms with Crippen molar-refractivity contribution in [1.29, 1.82) is 0 Å². The van der Waals surface area contributed by atoms with E-state index in [0.29, 0.717) is 18.2 Å². The van der Waals surface area contributed by atoms with Gasteiger partial charge >= 0.3 is 0 Å². The quantitative estimate of drug-likeness (QED) is 0.564. The van der Waals surface area contributed by atoms with E-state index in [1.54, 1.807) is 11.8 Å². The van der Waals surface area contributed by atoms with Gasteiger partial charge in [-0.2, -0.15) is 11.8 Å². The third-order valence-corrected chi connectivity index (χ3v) is 3.17. The maximum absolute atomic E-state index is 10.9. The van der Waals surface area contributed by atoms with Crippen LogP contribution in [-0.4, -0.2) is 34.5 Å². The molecule has 1 heterocycles. The largest absolute Gasteiger partial charge is 0.370 e. The Bertz CT molecular complexity index is 428. The molecule has 0 radical (unpaired) electrons. The fourth-order valence-corrected chi connectivity index (χ4v) is 2.18. The molecular formula is C12H20N4O2S. The van der Waals surface area contributed by atoms with E-state index < -0.39 is 4.92 Å². The molecule has 1 atom stereocenters. The second-order valence-corrected chi connectivity index (χ2v) is 5.20. The fraction of sp³-hybridized carbons (Fsp3) is 0.583. The van der Waals surface area contributed by atoms with Crippen molar-refractivity contribution in [3.05, 3.63) is 22.2 Å². The van der Waals surface area contributed by atoms with Gasteiger partial charge in [-0.1, -0.05) is 0 Å². The van der Waals surface area contributed by atoms with Crippen molar-refractivity contribution in [1.82, 2.24) is 4.98 Å².